The number of carbonyl (C=O) groups excluding carboxylic acids is 1. The molecule has 1 aliphatic heterocycles. The molecule has 0 spiro atoms. The summed E-state index contributed by atoms with van der Waals surface area (Å²) in [4.78, 5) is 14.3. The maximum absolute atomic E-state index is 12.0. The first-order valence-corrected chi connectivity index (χ1v) is 6.88. The summed E-state index contributed by atoms with van der Waals surface area (Å²) < 4.78 is 5.28. The molecule has 104 valence electrons. The van der Waals surface area contributed by atoms with E-state index in [-0.39, 0.29) is 5.91 Å². The van der Waals surface area contributed by atoms with E-state index in [0.717, 1.165) is 38.4 Å². The van der Waals surface area contributed by atoms with Gasteiger partial charge in [0.2, 0.25) is 0 Å². The first kappa shape index (κ1) is 14.3. The number of ether oxygens (including phenoxy) is 1. The molecule has 1 aromatic carbocycles. The number of benzene rings is 1. The maximum atomic E-state index is 12.0. The van der Waals surface area contributed by atoms with Crippen molar-refractivity contribution in [1.82, 2.24) is 10.2 Å². The fourth-order valence-corrected chi connectivity index (χ4v) is 2.41. The zero-order valence-corrected chi connectivity index (χ0v) is 11.9. The van der Waals surface area contributed by atoms with Gasteiger partial charge in [-0.15, -0.1) is 0 Å². The topological polar surface area (TPSA) is 41.6 Å². The number of halogens is 1. The molecule has 0 radical (unpaired) electrons. The summed E-state index contributed by atoms with van der Waals surface area (Å²) >= 11 is 5.95. The van der Waals surface area contributed by atoms with Crippen LogP contribution in [0.1, 0.15) is 15.9 Å². The molecule has 4 nitrogen and oxygen atoms in total. The van der Waals surface area contributed by atoms with Crippen LogP contribution in [0.2, 0.25) is 5.02 Å². The number of morpholine rings is 1. The normalized spacial score (nSPS) is 16.3. The summed E-state index contributed by atoms with van der Waals surface area (Å²) in [5, 5.41) is 3.52. The van der Waals surface area contributed by atoms with Crippen molar-refractivity contribution in [2.24, 2.45) is 0 Å². The Morgan fingerprint density at radius 1 is 1.37 bits per heavy atom. The molecule has 0 aliphatic carbocycles. The van der Waals surface area contributed by atoms with E-state index in [0.29, 0.717) is 17.1 Å². The summed E-state index contributed by atoms with van der Waals surface area (Å²) in [6, 6.07) is 5.38. The number of aryl methyl sites for hydroxylation is 1. The standard InChI is InChI=1S/C14H19ClN2O2/c1-11-8-12(10-13(15)9-11)14(18)16-2-3-17-4-6-19-7-5-17/h8-10H,2-7H2,1H3,(H,16,18). The van der Waals surface area contributed by atoms with Crippen molar-refractivity contribution < 1.29 is 9.53 Å². The van der Waals surface area contributed by atoms with E-state index >= 15 is 0 Å². The molecule has 0 unspecified atom stereocenters. The highest BCUT2D eigenvalue weighted by Crippen LogP contribution is 2.14. The highest BCUT2D eigenvalue weighted by atomic mass is 35.5. The fraction of sp³-hybridized carbons (Fsp3) is 0.500. The van der Waals surface area contributed by atoms with Crippen LogP contribution >= 0.6 is 11.6 Å². The van der Waals surface area contributed by atoms with E-state index in [9.17, 15) is 4.79 Å². The van der Waals surface area contributed by atoms with E-state index in [1.54, 1.807) is 6.07 Å². The number of hydrogen-bond donors (Lipinski definition) is 1. The summed E-state index contributed by atoms with van der Waals surface area (Å²) in [7, 11) is 0. The number of nitrogens with zero attached hydrogens (tertiary/aromatic N) is 1. The molecule has 1 heterocycles. The molecule has 0 bridgehead atoms. The van der Waals surface area contributed by atoms with Crippen molar-refractivity contribution in [2.75, 3.05) is 39.4 Å². The molecule has 0 aromatic heterocycles. The Morgan fingerprint density at radius 3 is 2.79 bits per heavy atom. The lowest BCUT2D eigenvalue weighted by atomic mass is 10.1. The van der Waals surface area contributed by atoms with Crippen molar-refractivity contribution in [3.63, 3.8) is 0 Å². The quantitative estimate of drug-likeness (QED) is 0.914. The summed E-state index contributed by atoms with van der Waals surface area (Å²) in [5.41, 5.74) is 1.61. The second kappa shape index (κ2) is 6.89. The smallest absolute Gasteiger partial charge is 0.251 e. The monoisotopic (exact) mass is 282 g/mol. The Morgan fingerprint density at radius 2 is 2.11 bits per heavy atom. The number of rotatable bonds is 4. The highest BCUT2D eigenvalue weighted by molar-refractivity contribution is 6.31. The van der Waals surface area contributed by atoms with Crippen molar-refractivity contribution in [2.45, 2.75) is 6.92 Å². The van der Waals surface area contributed by atoms with Gasteiger partial charge in [-0.25, -0.2) is 0 Å². The predicted molar refractivity (Wildman–Crippen MR) is 75.8 cm³/mol. The summed E-state index contributed by atoms with van der Waals surface area (Å²) in [6.07, 6.45) is 0. The number of amides is 1. The Labute approximate surface area is 118 Å². The summed E-state index contributed by atoms with van der Waals surface area (Å²) in [6.45, 7) is 6.86. The molecule has 1 N–H and O–H groups in total. The zero-order valence-electron chi connectivity index (χ0n) is 11.1. The van der Waals surface area contributed by atoms with Crippen LogP contribution < -0.4 is 5.32 Å². The highest BCUT2D eigenvalue weighted by Gasteiger charge is 2.11. The average Bonchev–Trinajstić information content (AvgIpc) is 2.38. The van der Waals surface area contributed by atoms with Crippen LogP contribution in [0.3, 0.4) is 0 Å². The Bertz CT molecular complexity index is 425. The van der Waals surface area contributed by atoms with Crippen molar-refractivity contribution in [3.8, 4) is 0 Å². The van der Waals surface area contributed by atoms with Crippen molar-refractivity contribution in [1.29, 1.82) is 0 Å². The van der Waals surface area contributed by atoms with Gasteiger partial charge in [-0.3, -0.25) is 9.69 Å². The van der Waals surface area contributed by atoms with Gasteiger partial charge in [-0.2, -0.15) is 0 Å². The Kier molecular flexibility index (Phi) is 5.19. The third-order valence-corrected chi connectivity index (χ3v) is 3.34. The molecule has 2 rings (SSSR count). The van der Waals surface area contributed by atoms with Gasteiger partial charge in [0, 0.05) is 36.8 Å². The van der Waals surface area contributed by atoms with Crippen LogP contribution in [0.4, 0.5) is 0 Å². The van der Waals surface area contributed by atoms with Gasteiger partial charge in [0.05, 0.1) is 13.2 Å². The molecule has 1 fully saturated rings. The molecule has 0 saturated carbocycles. The maximum Gasteiger partial charge on any atom is 0.251 e. The molecule has 1 saturated heterocycles. The van der Waals surface area contributed by atoms with Crippen molar-refractivity contribution in [3.05, 3.63) is 34.3 Å². The molecule has 5 heteroatoms. The van der Waals surface area contributed by atoms with E-state index < -0.39 is 0 Å². The Balaban J connectivity index is 1.80. The number of carbonyl (C=O) groups is 1. The SMILES string of the molecule is Cc1cc(Cl)cc(C(=O)NCCN2CCOCC2)c1. The van der Waals surface area contributed by atoms with Crippen LogP contribution in [0.25, 0.3) is 0 Å². The molecule has 1 amide bonds. The third kappa shape index (κ3) is 4.49. The largest absolute Gasteiger partial charge is 0.379 e. The molecule has 1 aliphatic rings. The lowest BCUT2D eigenvalue weighted by Crippen LogP contribution is -2.41. The van der Waals surface area contributed by atoms with Crippen LogP contribution in [-0.4, -0.2) is 50.2 Å². The fourth-order valence-electron chi connectivity index (χ4n) is 2.12. The third-order valence-electron chi connectivity index (χ3n) is 3.12. The van der Waals surface area contributed by atoms with Crippen LogP contribution in [0, 0.1) is 6.92 Å². The lowest BCUT2D eigenvalue weighted by Gasteiger charge is -2.26. The molecule has 1 aromatic rings. The van der Waals surface area contributed by atoms with Crippen molar-refractivity contribution >= 4 is 17.5 Å². The van der Waals surface area contributed by atoms with Gasteiger partial charge >= 0.3 is 0 Å². The molecular weight excluding hydrogens is 264 g/mol. The van der Waals surface area contributed by atoms with E-state index in [1.807, 2.05) is 19.1 Å². The van der Waals surface area contributed by atoms with Crippen LogP contribution in [0.5, 0.6) is 0 Å². The minimum Gasteiger partial charge on any atom is -0.379 e. The molecule has 19 heavy (non-hydrogen) atoms. The summed E-state index contributed by atoms with van der Waals surface area (Å²) in [5.74, 6) is -0.0705. The van der Waals surface area contributed by atoms with Gasteiger partial charge in [-0.05, 0) is 30.7 Å². The number of hydrogen-bond acceptors (Lipinski definition) is 3. The van der Waals surface area contributed by atoms with Gasteiger partial charge in [-0.1, -0.05) is 11.6 Å². The molecular formula is C14H19ClN2O2. The van der Waals surface area contributed by atoms with E-state index in [2.05, 4.69) is 10.2 Å². The van der Waals surface area contributed by atoms with E-state index in [4.69, 9.17) is 16.3 Å². The van der Waals surface area contributed by atoms with Crippen LogP contribution in [-0.2, 0) is 4.74 Å². The van der Waals surface area contributed by atoms with Gasteiger partial charge in [0.15, 0.2) is 0 Å². The minimum atomic E-state index is -0.0705. The number of nitrogens with one attached hydrogen (secondary N) is 1. The van der Waals surface area contributed by atoms with Gasteiger partial charge < -0.3 is 10.1 Å². The first-order valence-electron chi connectivity index (χ1n) is 6.50. The van der Waals surface area contributed by atoms with Crippen LogP contribution in [0.15, 0.2) is 18.2 Å². The van der Waals surface area contributed by atoms with E-state index in [1.165, 1.54) is 0 Å². The zero-order chi connectivity index (χ0) is 13.7. The van der Waals surface area contributed by atoms with Gasteiger partial charge in [0.1, 0.15) is 0 Å². The molecule has 0 atom stereocenters. The lowest BCUT2D eigenvalue weighted by molar-refractivity contribution is 0.0383. The predicted octanol–water partition coefficient (Wildman–Crippen LogP) is 1.71. The minimum absolute atomic E-state index is 0.0705. The first-order chi connectivity index (χ1) is 9.15. The Hall–Kier alpha value is -1.10. The second-order valence-corrected chi connectivity index (χ2v) is 5.16. The second-order valence-electron chi connectivity index (χ2n) is 4.73. The van der Waals surface area contributed by atoms with Gasteiger partial charge in [0.25, 0.3) is 5.91 Å². The average molecular weight is 283 g/mol.